The van der Waals surface area contributed by atoms with Crippen LogP contribution < -0.4 is 41.1 Å². The van der Waals surface area contributed by atoms with Crippen molar-refractivity contribution < 1.29 is 18.9 Å². The number of imide groups is 1. The minimum Gasteiger partial charge on any atom is -0.494 e. The van der Waals surface area contributed by atoms with E-state index < -0.39 is 13.2 Å². The molecule has 68 heavy (non-hydrogen) atoms. The number of fused-ring (bicyclic) bond motifs is 1. The molecule has 1 atom stereocenters. The first-order valence-electron chi connectivity index (χ1n) is 24.1. The Morgan fingerprint density at radius 1 is 0.824 bits per heavy atom. The van der Waals surface area contributed by atoms with Crippen LogP contribution >= 0.6 is 23.1 Å². The highest BCUT2D eigenvalue weighted by atomic mass is 79.9. The molecule has 7 heterocycles. The molecule has 0 bridgehead atoms. The van der Waals surface area contributed by atoms with E-state index in [-0.39, 0.29) is 11.8 Å². The lowest BCUT2D eigenvalue weighted by molar-refractivity contribution is -0.133. The molecule has 0 radical (unpaired) electrons. The summed E-state index contributed by atoms with van der Waals surface area (Å²) < 4.78 is 20.3. The Balaban J connectivity index is 0.721. The summed E-state index contributed by atoms with van der Waals surface area (Å²) in [6.07, 6.45) is 12.7. The first-order chi connectivity index (χ1) is 32.9. The Bertz CT molecular complexity index is 2710. The molecule has 19 heteroatoms. The molecule has 5 aromatic rings. The minimum atomic E-state index is -2.77. The van der Waals surface area contributed by atoms with Gasteiger partial charge in [-0.15, -0.1) is 0 Å². The van der Waals surface area contributed by atoms with Crippen molar-refractivity contribution in [1.29, 1.82) is 0 Å². The summed E-state index contributed by atoms with van der Waals surface area (Å²) in [5.74, 6) is 3.98. The van der Waals surface area contributed by atoms with Crippen molar-refractivity contribution in [1.82, 2.24) is 40.0 Å². The van der Waals surface area contributed by atoms with Crippen LogP contribution in [-0.4, -0.2) is 138 Å². The van der Waals surface area contributed by atoms with Crippen molar-refractivity contribution in [2.24, 2.45) is 5.92 Å². The van der Waals surface area contributed by atoms with E-state index in [4.69, 9.17) is 14.7 Å². The number of nitrogens with zero attached hydrogens (tertiary/aromatic N) is 9. The van der Waals surface area contributed by atoms with Crippen LogP contribution in [0.25, 0.3) is 11.0 Å². The zero-order valence-corrected chi connectivity index (χ0v) is 41.6. The molecule has 1 saturated carbocycles. The van der Waals surface area contributed by atoms with Crippen molar-refractivity contribution >= 4 is 91.7 Å². The van der Waals surface area contributed by atoms with Gasteiger partial charge in [0.15, 0.2) is 0 Å². The van der Waals surface area contributed by atoms with Crippen molar-refractivity contribution in [2.45, 2.75) is 69.4 Å². The van der Waals surface area contributed by atoms with E-state index in [1.807, 2.05) is 30.3 Å². The third-order valence-electron chi connectivity index (χ3n) is 14.2. The molecular weight excluding hydrogens is 946 g/mol. The third-order valence-corrected chi connectivity index (χ3v) is 16.4. The summed E-state index contributed by atoms with van der Waals surface area (Å²) in [6, 6.07) is 14.3. The molecule has 17 nitrogen and oxygen atoms in total. The van der Waals surface area contributed by atoms with Gasteiger partial charge in [-0.3, -0.25) is 29.8 Å². The third kappa shape index (κ3) is 10.4. The summed E-state index contributed by atoms with van der Waals surface area (Å²) in [4.78, 5) is 57.5. The van der Waals surface area contributed by atoms with Gasteiger partial charge in [0.05, 0.1) is 33.8 Å². The van der Waals surface area contributed by atoms with E-state index in [1.165, 1.54) is 24.1 Å². The van der Waals surface area contributed by atoms with Crippen LogP contribution in [0.5, 0.6) is 5.75 Å². The number of halogens is 1. The molecule has 5 fully saturated rings. The summed E-state index contributed by atoms with van der Waals surface area (Å²) in [7, 11) is -1.05. The van der Waals surface area contributed by atoms with Gasteiger partial charge in [0.2, 0.25) is 17.8 Å². The molecule has 2 aromatic carbocycles. The average Bonchev–Trinajstić information content (AvgIpc) is 4.20. The highest BCUT2D eigenvalue weighted by Crippen LogP contribution is 2.49. The van der Waals surface area contributed by atoms with E-state index in [2.05, 4.69) is 83.9 Å². The average molecular weight is 1010 g/mol. The summed E-state index contributed by atoms with van der Waals surface area (Å²) in [5.41, 5.74) is 5.39. The molecule has 4 aliphatic heterocycles. The van der Waals surface area contributed by atoms with E-state index in [1.54, 1.807) is 39.0 Å². The largest absolute Gasteiger partial charge is 0.494 e. The molecule has 3 aromatic heterocycles. The number of piperidine rings is 3. The van der Waals surface area contributed by atoms with Crippen molar-refractivity contribution in [3.05, 3.63) is 71.1 Å². The van der Waals surface area contributed by atoms with E-state index >= 15 is 0 Å². The standard InChI is InChI=1S/C49H61BrN13O4P/c1-67-41-28-40(34(32-7-8-32)27-39(41)56-49-53-29-35(50)47(59-49)55-37-10-9-36-45(52-18-17-51-36)46(37)68(2,3)66)62-21-15-33(16-22-62)61-25-23-60(24-26-61)30-31-13-19-63(20-14-31)43-6-4-5-42(57-43)54-38-11-12-44(64)58-48(38)65/h4-6,9-10,17-18,27-29,31-33,38H,7-8,11-16,19-26,30H2,1-3H3,(H,54,57)(H,58,64,65)(H2,53,55,56,59). The molecule has 358 valence electrons. The Morgan fingerprint density at radius 2 is 1.59 bits per heavy atom. The van der Waals surface area contributed by atoms with Gasteiger partial charge in [-0.1, -0.05) is 6.07 Å². The normalized spacial score (nSPS) is 20.4. The Morgan fingerprint density at radius 3 is 2.32 bits per heavy atom. The van der Waals surface area contributed by atoms with Gasteiger partial charge < -0.3 is 40.0 Å². The molecule has 10 rings (SSSR count). The maximum absolute atomic E-state index is 13.6. The van der Waals surface area contributed by atoms with Crippen LogP contribution in [0.4, 0.5) is 40.5 Å². The number of carbonyl (C=O) groups excluding carboxylic acids is 2. The molecule has 5 aliphatic rings. The second-order valence-corrected chi connectivity index (χ2v) is 23.3. The molecule has 2 amide bonds. The van der Waals surface area contributed by atoms with Gasteiger partial charge in [0, 0.05) is 102 Å². The zero-order chi connectivity index (χ0) is 46.9. The van der Waals surface area contributed by atoms with Gasteiger partial charge >= 0.3 is 0 Å². The number of ether oxygens (including phenoxy) is 1. The van der Waals surface area contributed by atoms with Crippen LogP contribution in [0, 0.1) is 5.92 Å². The van der Waals surface area contributed by atoms with Crippen LogP contribution in [0.3, 0.4) is 0 Å². The predicted molar refractivity (Wildman–Crippen MR) is 272 cm³/mol. The highest BCUT2D eigenvalue weighted by molar-refractivity contribution is 9.10. The Kier molecular flexibility index (Phi) is 13.6. The van der Waals surface area contributed by atoms with Crippen molar-refractivity contribution in [2.75, 3.05) is 105 Å². The van der Waals surface area contributed by atoms with Gasteiger partial charge in [0.25, 0.3) is 0 Å². The topological polar surface area (TPSA) is 186 Å². The van der Waals surface area contributed by atoms with E-state index in [9.17, 15) is 14.2 Å². The molecule has 1 aliphatic carbocycles. The molecule has 1 unspecified atom stereocenters. The zero-order valence-electron chi connectivity index (χ0n) is 39.1. The number of carbonyl (C=O) groups is 2. The number of piperazine rings is 1. The fourth-order valence-corrected chi connectivity index (χ4v) is 12.1. The molecule has 4 N–H and O–H groups in total. The number of hydrogen-bond acceptors (Lipinski definition) is 16. The van der Waals surface area contributed by atoms with Crippen molar-refractivity contribution in [3.8, 4) is 5.75 Å². The number of pyridine rings is 1. The fourth-order valence-electron chi connectivity index (χ4n) is 10.5. The number of amides is 2. The SMILES string of the molecule is COc1cc(N2CCC(N3CCN(CC4CCN(c5cccc(NC6CCC(=O)NC6=O)n5)CC4)CC3)CC2)c(C2CC2)cc1Nc1ncc(Br)c(Nc2ccc3nccnc3c2P(C)(C)=O)n1. The number of benzene rings is 2. The second-order valence-electron chi connectivity index (χ2n) is 19.3. The van der Waals surface area contributed by atoms with Gasteiger partial charge in [-0.2, -0.15) is 4.98 Å². The van der Waals surface area contributed by atoms with Gasteiger partial charge in [-0.25, -0.2) is 9.97 Å². The summed E-state index contributed by atoms with van der Waals surface area (Å²) in [5, 5.41) is 13.2. The van der Waals surface area contributed by atoms with Crippen LogP contribution in [0.15, 0.2) is 65.5 Å². The summed E-state index contributed by atoms with van der Waals surface area (Å²) in [6.45, 7) is 13.1. The maximum Gasteiger partial charge on any atom is 0.249 e. The number of aromatic nitrogens is 5. The lowest BCUT2D eigenvalue weighted by Gasteiger charge is -2.44. The van der Waals surface area contributed by atoms with E-state index in [0.29, 0.717) is 74.8 Å². The number of rotatable bonds is 14. The lowest BCUT2D eigenvalue weighted by Crippen LogP contribution is -2.54. The Hall–Kier alpha value is -5.42. The second kappa shape index (κ2) is 19.9. The maximum atomic E-state index is 13.6. The number of hydrogen-bond donors (Lipinski definition) is 4. The Labute approximate surface area is 406 Å². The van der Waals surface area contributed by atoms with Crippen LogP contribution in [0.2, 0.25) is 0 Å². The van der Waals surface area contributed by atoms with E-state index in [0.717, 1.165) is 102 Å². The fraction of sp³-hybridized carbons (Fsp3) is 0.490. The minimum absolute atomic E-state index is 0.215. The summed E-state index contributed by atoms with van der Waals surface area (Å²) >= 11 is 3.63. The van der Waals surface area contributed by atoms with Crippen LogP contribution in [0.1, 0.15) is 62.8 Å². The first-order valence-corrected chi connectivity index (χ1v) is 27.5. The smallest absolute Gasteiger partial charge is 0.249 e. The number of anilines is 7. The monoisotopic (exact) mass is 1010 g/mol. The van der Waals surface area contributed by atoms with Crippen molar-refractivity contribution in [3.63, 3.8) is 0 Å². The first kappa shape index (κ1) is 46.3. The predicted octanol–water partition coefficient (Wildman–Crippen LogP) is 6.92. The molecule has 0 spiro atoms. The van der Waals surface area contributed by atoms with Gasteiger partial charge in [-0.05, 0) is 122 Å². The number of methoxy groups -OCH3 is 1. The number of nitrogens with one attached hydrogen (secondary N) is 4. The lowest BCUT2D eigenvalue weighted by atomic mass is 9.95. The molecular formula is C49H61BrN13O4P. The van der Waals surface area contributed by atoms with Gasteiger partial charge in [0.1, 0.15) is 41.9 Å². The quantitative estimate of drug-likeness (QED) is 0.0663. The highest BCUT2D eigenvalue weighted by Gasteiger charge is 2.34. The molecule has 4 saturated heterocycles. The van der Waals surface area contributed by atoms with Crippen LogP contribution in [-0.2, 0) is 14.2 Å².